The molecule has 1 aromatic rings. The Morgan fingerprint density at radius 2 is 1.77 bits per heavy atom. The highest BCUT2D eigenvalue weighted by Gasteiger charge is 2.21. The zero-order chi connectivity index (χ0) is 9.42. The van der Waals surface area contributed by atoms with E-state index in [1.165, 1.54) is 0 Å². The van der Waals surface area contributed by atoms with Crippen molar-refractivity contribution in [1.29, 1.82) is 0 Å². The molecule has 0 saturated heterocycles. The number of benzene rings is 1. The molecular weight excluding hydrogens is 168 g/mol. The van der Waals surface area contributed by atoms with Crippen molar-refractivity contribution in [3.63, 3.8) is 0 Å². The Morgan fingerprint density at radius 3 is 2.46 bits per heavy atom. The van der Waals surface area contributed by atoms with Gasteiger partial charge in [-0.05, 0) is 25.0 Å². The quantitative estimate of drug-likeness (QED) is 0.447. The van der Waals surface area contributed by atoms with Crippen LogP contribution in [0, 0.1) is 13.8 Å². The number of rotatable bonds is 0. The van der Waals surface area contributed by atoms with E-state index < -0.39 is 0 Å². The Labute approximate surface area is 76.3 Å². The van der Waals surface area contributed by atoms with Gasteiger partial charge >= 0.3 is 5.97 Å². The monoisotopic (exact) mass is 178 g/mol. The highest BCUT2D eigenvalue weighted by Crippen LogP contribution is 2.36. The lowest BCUT2D eigenvalue weighted by molar-refractivity contribution is -0.138. The minimum atomic E-state index is -0.332. The van der Waals surface area contributed by atoms with Gasteiger partial charge in [0.25, 0.3) is 0 Å². The van der Waals surface area contributed by atoms with Gasteiger partial charge < -0.3 is 9.47 Å². The van der Waals surface area contributed by atoms with Crippen molar-refractivity contribution in [3.05, 3.63) is 23.3 Å². The Morgan fingerprint density at radius 1 is 1.15 bits per heavy atom. The lowest BCUT2D eigenvalue weighted by Gasteiger charge is -2.19. The summed E-state index contributed by atoms with van der Waals surface area (Å²) in [5.41, 5.74) is 1.92. The van der Waals surface area contributed by atoms with Crippen LogP contribution in [0.15, 0.2) is 12.1 Å². The van der Waals surface area contributed by atoms with Gasteiger partial charge in [-0.3, -0.25) is 0 Å². The topological polar surface area (TPSA) is 35.5 Å². The van der Waals surface area contributed by atoms with Crippen molar-refractivity contribution in [1.82, 2.24) is 0 Å². The van der Waals surface area contributed by atoms with Crippen LogP contribution in [0.3, 0.4) is 0 Å². The van der Waals surface area contributed by atoms with Crippen molar-refractivity contribution in [2.75, 3.05) is 6.61 Å². The normalized spacial score (nSPS) is 14.5. The van der Waals surface area contributed by atoms with E-state index in [0.717, 1.165) is 11.1 Å². The second-order valence-electron chi connectivity index (χ2n) is 3.12. The molecule has 1 aromatic carbocycles. The predicted molar refractivity (Wildman–Crippen MR) is 47.0 cm³/mol. The van der Waals surface area contributed by atoms with E-state index in [4.69, 9.17) is 9.47 Å². The molecule has 3 nitrogen and oxygen atoms in total. The maximum absolute atomic E-state index is 10.9. The average Bonchev–Trinajstić information content (AvgIpc) is 2.12. The van der Waals surface area contributed by atoms with Crippen LogP contribution in [-0.4, -0.2) is 12.6 Å². The molecule has 0 saturated carbocycles. The van der Waals surface area contributed by atoms with E-state index in [-0.39, 0.29) is 12.6 Å². The molecule has 0 atom stereocenters. The molecule has 1 aliphatic rings. The Bertz CT molecular complexity index is 369. The number of ether oxygens (including phenoxy) is 2. The summed E-state index contributed by atoms with van der Waals surface area (Å²) in [5.74, 6) is 0.928. The van der Waals surface area contributed by atoms with Gasteiger partial charge in [-0.25, -0.2) is 4.79 Å². The number of hydrogen-bond donors (Lipinski definition) is 0. The molecule has 0 aromatic heterocycles. The number of carbonyl (C=O) groups is 1. The summed E-state index contributed by atoms with van der Waals surface area (Å²) in [7, 11) is 0. The van der Waals surface area contributed by atoms with Gasteiger partial charge in [-0.2, -0.15) is 0 Å². The summed E-state index contributed by atoms with van der Waals surface area (Å²) < 4.78 is 10.4. The summed E-state index contributed by atoms with van der Waals surface area (Å²) >= 11 is 0. The van der Waals surface area contributed by atoms with Crippen LogP contribution in [-0.2, 0) is 4.79 Å². The minimum Gasteiger partial charge on any atom is -0.478 e. The van der Waals surface area contributed by atoms with Gasteiger partial charge in [0.1, 0.15) is 0 Å². The minimum absolute atomic E-state index is 0.0112. The lowest BCUT2D eigenvalue weighted by atomic mass is 10.1. The smallest absolute Gasteiger partial charge is 0.349 e. The first-order chi connectivity index (χ1) is 6.18. The van der Waals surface area contributed by atoms with Crippen molar-refractivity contribution in [2.24, 2.45) is 0 Å². The van der Waals surface area contributed by atoms with E-state index in [2.05, 4.69) is 0 Å². The van der Waals surface area contributed by atoms with Gasteiger partial charge in [-0.1, -0.05) is 12.1 Å². The molecule has 0 radical (unpaired) electrons. The van der Waals surface area contributed by atoms with Gasteiger partial charge in [0.15, 0.2) is 18.1 Å². The molecule has 0 fully saturated rings. The molecule has 1 aliphatic heterocycles. The van der Waals surface area contributed by atoms with Crippen LogP contribution >= 0.6 is 0 Å². The van der Waals surface area contributed by atoms with Crippen molar-refractivity contribution in [2.45, 2.75) is 13.8 Å². The third-order valence-electron chi connectivity index (χ3n) is 2.06. The summed E-state index contributed by atoms with van der Waals surface area (Å²) in [6.07, 6.45) is 0. The molecular formula is C10H10O3. The number of esters is 1. The van der Waals surface area contributed by atoms with E-state index >= 15 is 0 Å². The third-order valence-corrected chi connectivity index (χ3v) is 2.06. The third kappa shape index (κ3) is 1.26. The largest absolute Gasteiger partial charge is 0.478 e. The summed E-state index contributed by atoms with van der Waals surface area (Å²) in [5, 5.41) is 0. The maximum atomic E-state index is 10.9. The van der Waals surface area contributed by atoms with Gasteiger partial charge in [-0.15, -0.1) is 0 Å². The Kier molecular flexibility index (Phi) is 1.72. The number of hydrogen-bond acceptors (Lipinski definition) is 3. The molecule has 2 rings (SSSR count). The van der Waals surface area contributed by atoms with E-state index in [1.807, 2.05) is 26.0 Å². The molecule has 13 heavy (non-hydrogen) atoms. The molecule has 0 unspecified atom stereocenters. The van der Waals surface area contributed by atoms with Crippen LogP contribution in [0.5, 0.6) is 11.5 Å². The molecule has 3 heteroatoms. The maximum Gasteiger partial charge on any atom is 0.349 e. The fourth-order valence-corrected chi connectivity index (χ4v) is 1.34. The number of aryl methyl sites for hydroxylation is 2. The Hall–Kier alpha value is -1.51. The first-order valence-electron chi connectivity index (χ1n) is 4.12. The number of carbonyl (C=O) groups excluding carboxylic acids is 1. The fraction of sp³-hybridized carbons (Fsp3) is 0.300. The van der Waals surface area contributed by atoms with Crippen LogP contribution in [0.25, 0.3) is 0 Å². The van der Waals surface area contributed by atoms with Crippen molar-refractivity contribution >= 4 is 5.97 Å². The highest BCUT2D eigenvalue weighted by molar-refractivity contribution is 5.78. The average molecular weight is 178 g/mol. The van der Waals surface area contributed by atoms with Crippen molar-refractivity contribution < 1.29 is 14.3 Å². The van der Waals surface area contributed by atoms with Gasteiger partial charge in [0.05, 0.1) is 0 Å². The van der Waals surface area contributed by atoms with Gasteiger partial charge in [0.2, 0.25) is 0 Å². The fourth-order valence-electron chi connectivity index (χ4n) is 1.34. The van der Waals surface area contributed by atoms with E-state index in [0.29, 0.717) is 11.5 Å². The molecule has 0 spiro atoms. The van der Waals surface area contributed by atoms with E-state index in [1.54, 1.807) is 0 Å². The zero-order valence-electron chi connectivity index (χ0n) is 7.59. The summed E-state index contributed by atoms with van der Waals surface area (Å²) in [6, 6.07) is 3.86. The molecule has 0 bridgehead atoms. The second-order valence-corrected chi connectivity index (χ2v) is 3.12. The molecule has 0 N–H and O–H groups in total. The first-order valence-corrected chi connectivity index (χ1v) is 4.12. The predicted octanol–water partition coefficient (Wildman–Crippen LogP) is 1.60. The summed E-state index contributed by atoms with van der Waals surface area (Å²) in [6.45, 7) is 3.83. The van der Waals surface area contributed by atoms with Crippen LogP contribution < -0.4 is 9.47 Å². The first kappa shape index (κ1) is 8.10. The standard InChI is InChI=1S/C10H10O3/c1-6-3-4-7(2)10-9(6)12-5-8(11)13-10/h3-4H,5H2,1-2H3. The zero-order valence-corrected chi connectivity index (χ0v) is 7.59. The van der Waals surface area contributed by atoms with Crippen molar-refractivity contribution in [3.8, 4) is 11.5 Å². The highest BCUT2D eigenvalue weighted by atomic mass is 16.6. The van der Waals surface area contributed by atoms with Crippen LogP contribution in [0.2, 0.25) is 0 Å². The SMILES string of the molecule is Cc1ccc(C)c2c1OCC(=O)O2. The van der Waals surface area contributed by atoms with Gasteiger partial charge in [0, 0.05) is 0 Å². The van der Waals surface area contributed by atoms with Crippen LogP contribution in [0.1, 0.15) is 11.1 Å². The number of fused-ring (bicyclic) bond motifs is 1. The molecule has 68 valence electrons. The van der Waals surface area contributed by atoms with E-state index in [9.17, 15) is 4.79 Å². The Balaban J connectivity index is 2.57. The summed E-state index contributed by atoms with van der Waals surface area (Å²) in [4.78, 5) is 10.9. The lowest BCUT2D eigenvalue weighted by Crippen LogP contribution is -2.23. The second kappa shape index (κ2) is 2.76. The molecule has 0 amide bonds. The molecule has 0 aliphatic carbocycles. The molecule has 1 heterocycles. The van der Waals surface area contributed by atoms with Crippen LogP contribution in [0.4, 0.5) is 0 Å².